The highest BCUT2D eigenvalue weighted by molar-refractivity contribution is 7.80. The van der Waals surface area contributed by atoms with Gasteiger partial charge in [0.15, 0.2) is 0 Å². The third kappa shape index (κ3) is 5.96. The summed E-state index contributed by atoms with van der Waals surface area (Å²) in [4.78, 5) is 45.3. The average molecular weight is 464 g/mol. The van der Waals surface area contributed by atoms with Crippen molar-refractivity contribution in [1.29, 1.82) is 0 Å². The summed E-state index contributed by atoms with van der Waals surface area (Å²) >= 11 is 0. The highest BCUT2D eigenvalue weighted by atomic mass is 32.3. The van der Waals surface area contributed by atoms with Crippen LogP contribution in [0.25, 0.3) is 0 Å². The SMILES string of the molecule is CC(C)(C)OC(=O)N1CCC(ONC(=O)[C@@H]2CC[C@@H]3CN2C(=O)N3OS(=O)(=O)O)CC1. The number of amides is 4. The lowest BCUT2D eigenvalue weighted by molar-refractivity contribution is -0.146. The van der Waals surface area contributed by atoms with Crippen LogP contribution in [0.4, 0.5) is 9.59 Å². The second-order valence-electron chi connectivity index (χ2n) is 8.76. The summed E-state index contributed by atoms with van der Waals surface area (Å²) in [5.74, 6) is -0.532. The Morgan fingerprint density at radius 3 is 2.35 bits per heavy atom. The first-order chi connectivity index (χ1) is 14.3. The van der Waals surface area contributed by atoms with E-state index in [0.717, 1.165) is 0 Å². The summed E-state index contributed by atoms with van der Waals surface area (Å²) in [6.07, 6.45) is 0.928. The molecule has 0 saturated carbocycles. The van der Waals surface area contributed by atoms with Crippen molar-refractivity contribution in [2.24, 2.45) is 0 Å². The highest BCUT2D eigenvalue weighted by Gasteiger charge is 2.49. The molecule has 3 fully saturated rings. The molecule has 0 unspecified atom stereocenters. The van der Waals surface area contributed by atoms with Crippen LogP contribution in [0, 0.1) is 0 Å². The Morgan fingerprint density at radius 1 is 1.13 bits per heavy atom. The number of fused-ring (bicyclic) bond motifs is 2. The highest BCUT2D eigenvalue weighted by Crippen LogP contribution is 2.30. The lowest BCUT2D eigenvalue weighted by Crippen LogP contribution is -2.51. The molecule has 3 rings (SSSR count). The molecule has 14 heteroatoms. The summed E-state index contributed by atoms with van der Waals surface area (Å²) in [6, 6.07) is -2.23. The van der Waals surface area contributed by atoms with Gasteiger partial charge in [0.05, 0.1) is 12.1 Å². The molecular formula is C17H28N4O9S. The van der Waals surface area contributed by atoms with Gasteiger partial charge in [-0.05, 0) is 46.5 Å². The maximum atomic E-state index is 12.6. The van der Waals surface area contributed by atoms with Crippen molar-refractivity contribution >= 4 is 28.4 Å². The minimum absolute atomic E-state index is 0.0979. The molecule has 0 spiro atoms. The van der Waals surface area contributed by atoms with Crippen LogP contribution in [0.15, 0.2) is 0 Å². The second kappa shape index (κ2) is 8.76. The number of ether oxygens (including phenoxy) is 1. The Morgan fingerprint density at radius 2 is 1.77 bits per heavy atom. The molecule has 2 N–H and O–H groups in total. The van der Waals surface area contributed by atoms with Crippen molar-refractivity contribution in [1.82, 2.24) is 20.3 Å². The van der Waals surface area contributed by atoms with Gasteiger partial charge in [-0.25, -0.2) is 15.1 Å². The molecule has 31 heavy (non-hydrogen) atoms. The number of urea groups is 1. The zero-order chi connectivity index (χ0) is 23.0. The summed E-state index contributed by atoms with van der Waals surface area (Å²) in [6.45, 7) is 6.33. The number of hydrogen-bond donors (Lipinski definition) is 2. The molecule has 4 amide bonds. The number of hydrogen-bond acceptors (Lipinski definition) is 8. The van der Waals surface area contributed by atoms with E-state index in [0.29, 0.717) is 37.4 Å². The quantitative estimate of drug-likeness (QED) is 0.435. The zero-order valence-electron chi connectivity index (χ0n) is 17.6. The van der Waals surface area contributed by atoms with Gasteiger partial charge >= 0.3 is 22.5 Å². The van der Waals surface area contributed by atoms with Gasteiger partial charge in [-0.1, -0.05) is 0 Å². The first-order valence-electron chi connectivity index (χ1n) is 10.0. The van der Waals surface area contributed by atoms with Crippen LogP contribution >= 0.6 is 0 Å². The lowest BCUT2D eigenvalue weighted by Gasteiger charge is -2.33. The van der Waals surface area contributed by atoms with Crippen LogP contribution < -0.4 is 5.48 Å². The molecule has 0 aromatic heterocycles. The Kier molecular flexibility index (Phi) is 6.64. The summed E-state index contributed by atoms with van der Waals surface area (Å²) in [5, 5.41) is 0.579. The van der Waals surface area contributed by atoms with Crippen LogP contribution in [0.2, 0.25) is 0 Å². The van der Waals surface area contributed by atoms with Gasteiger partial charge in [-0.2, -0.15) is 13.5 Å². The normalized spacial score (nSPS) is 25.0. The van der Waals surface area contributed by atoms with Crippen molar-refractivity contribution in [2.75, 3.05) is 19.6 Å². The van der Waals surface area contributed by atoms with E-state index in [1.165, 1.54) is 4.90 Å². The van der Waals surface area contributed by atoms with E-state index in [9.17, 15) is 22.8 Å². The zero-order valence-corrected chi connectivity index (χ0v) is 18.5. The number of likely N-dealkylation sites (tertiary alicyclic amines) is 1. The number of nitrogens with one attached hydrogen (secondary N) is 1. The molecule has 176 valence electrons. The van der Waals surface area contributed by atoms with Crippen molar-refractivity contribution in [2.45, 2.75) is 70.2 Å². The third-order valence-electron chi connectivity index (χ3n) is 5.22. The topological polar surface area (TPSA) is 155 Å². The molecule has 3 aliphatic rings. The van der Waals surface area contributed by atoms with Crippen LogP contribution in [-0.4, -0.2) is 89.3 Å². The largest absolute Gasteiger partial charge is 0.444 e. The van der Waals surface area contributed by atoms with E-state index < -0.39 is 46.1 Å². The van der Waals surface area contributed by atoms with Gasteiger partial charge in [0, 0.05) is 19.6 Å². The molecule has 0 aromatic carbocycles. The minimum Gasteiger partial charge on any atom is -0.444 e. The first-order valence-corrected chi connectivity index (χ1v) is 11.4. The predicted octanol–water partition coefficient (Wildman–Crippen LogP) is 0.437. The summed E-state index contributed by atoms with van der Waals surface area (Å²) in [7, 11) is -4.85. The van der Waals surface area contributed by atoms with Gasteiger partial charge in [-0.15, -0.1) is 4.28 Å². The van der Waals surface area contributed by atoms with Crippen molar-refractivity contribution in [3.63, 3.8) is 0 Å². The van der Waals surface area contributed by atoms with E-state index in [-0.39, 0.29) is 19.1 Å². The molecule has 0 aromatic rings. The first kappa shape index (κ1) is 23.5. The van der Waals surface area contributed by atoms with Crippen LogP contribution in [-0.2, 0) is 29.1 Å². The average Bonchev–Trinajstić information content (AvgIpc) is 2.89. The maximum absolute atomic E-state index is 12.6. The van der Waals surface area contributed by atoms with Crippen LogP contribution in [0.1, 0.15) is 46.5 Å². The van der Waals surface area contributed by atoms with Crippen molar-refractivity contribution < 1.29 is 41.2 Å². The van der Waals surface area contributed by atoms with E-state index in [1.807, 2.05) is 0 Å². The van der Waals surface area contributed by atoms with Gasteiger partial charge in [0.25, 0.3) is 5.91 Å². The molecule has 13 nitrogen and oxygen atoms in total. The Bertz CT molecular complexity index is 820. The van der Waals surface area contributed by atoms with Crippen molar-refractivity contribution in [3.8, 4) is 0 Å². The third-order valence-corrected chi connectivity index (χ3v) is 5.57. The smallest absolute Gasteiger partial charge is 0.418 e. The monoisotopic (exact) mass is 464 g/mol. The summed E-state index contributed by atoms with van der Waals surface area (Å²) < 4.78 is 40.4. The number of rotatable bonds is 5. The molecule has 3 heterocycles. The number of hydroxylamine groups is 3. The maximum Gasteiger partial charge on any atom is 0.418 e. The fourth-order valence-corrected chi connectivity index (χ4v) is 4.18. The number of nitrogens with zero attached hydrogens (tertiary/aromatic N) is 3. The Labute approximate surface area is 180 Å². The molecule has 3 aliphatic heterocycles. The van der Waals surface area contributed by atoms with E-state index in [2.05, 4.69) is 9.76 Å². The fraction of sp³-hybridized carbons (Fsp3) is 0.824. The molecule has 0 aliphatic carbocycles. The molecule has 2 bridgehead atoms. The summed E-state index contributed by atoms with van der Waals surface area (Å²) in [5.41, 5.74) is 1.80. The standard InChI is InChI=1S/C17H28N4O9S/c1-17(2,3)28-16(24)19-8-6-12(7-9-19)29-18-14(22)13-5-4-11-10-20(13)15(23)21(11)30-31(25,26)27/h11-13H,4-10H2,1-3H3,(H,18,22)(H,25,26,27)/t11-,13+/m1/s1. The Balaban J connectivity index is 1.46. The minimum atomic E-state index is -4.85. The lowest BCUT2D eigenvalue weighted by atomic mass is 10.0. The van der Waals surface area contributed by atoms with Gasteiger partial charge in [0.2, 0.25) is 0 Å². The van der Waals surface area contributed by atoms with Gasteiger partial charge in [-0.3, -0.25) is 14.2 Å². The number of piperidine rings is 2. The van der Waals surface area contributed by atoms with Gasteiger partial charge < -0.3 is 14.5 Å². The molecule has 2 atom stereocenters. The molecular weight excluding hydrogens is 436 g/mol. The number of carbonyl (C=O) groups is 3. The van der Waals surface area contributed by atoms with Crippen molar-refractivity contribution in [3.05, 3.63) is 0 Å². The predicted molar refractivity (Wildman–Crippen MR) is 103 cm³/mol. The van der Waals surface area contributed by atoms with Crippen LogP contribution in [0.5, 0.6) is 0 Å². The Hall–Kier alpha value is -2.16. The van der Waals surface area contributed by atoms with Crippen LogP contribution in [0.3, 0.4) is 0 Å². The fourth-order valence-electron chi connectivity index (χ4n) is 3.80. The van der Waals surface area contributed by atoms with E-state index in [1.54, 1.807) is 25.7 Å². The molecule has 3 saturated heterocycles. The number of carbonyl (C=O) groups excluding carboxylic acids is 3. The molecule has 0 radical (unpaired) electrons. The van der Waals surface area contributed by atoms with Gasteiger partial charge in [0.1, 0.15) is 11.6 Å². The van der Waals surface area contributed by atoms with E-state index >= 15 is 0 Å². The second-order valence-corrected chi connectivity index (χ2v) is 9.77. The van der Waals surface area contributed by atoms with E-state index in [4.69, 9.17) is 14.1 Å².